The number of aryl methyl sites for hydroxylation is 2. The van der Waals surface area contributed by atoms with E-state index in [0.29, 0.717) is 34.3 Å². The lowest BCUT2D eigenvalue weighted by Crippen LogP contribution is -2.21. The van der Waals surface area contributed by atoms with Crippen LogP contribution in [-0.4, -0.2) is 42.9 Å². The molecule has 5 aromatic rings. The van der Waals surface area contributed by atoms with E-state index in [0.717, 1.165) is 28.4 Å². The van der Waals surface area contributed by atoms with E-state index >= 15 is 4.39 Å². The van der Waals surface area contributed by atoms with E-state index in [1.807, 2.05) is 55.5 Å². The lowest BCUT2D eigenvalue weighted by Gasteiger charge is -2.21. The molecule has 3 aromatic carbocycles. The summed E-state index contributed by atoms with van der Waals surface area (Å²) in [5, 5.41) is 19.8. The molecule has 1 atom stereocenters. The van der Waals surface area contributed by atoms with Gasteiger partial charge in [-0.2, -0.15) is 18.3 Å². The van der Waals surface area contributed by atoms with E-state index in [2.05, 4.69) is 20.7 Å². The lowest BCUT2D eigenvalue weighted by molar-refractivity contribution is -0.192. The average molecular weight is 624 g/mol. The number of carboxylic acid groups (broad SMARTS) is 1. The smallest absolute Gasteiger partial charge is 0.475 e. The van der Waals surface area contributed by atoms with Crippen molar-refractivity contribution < 1.29 is 32.3 Å². The molecule has 0 aliphatic rings. The molecule has 0 fully saturated rings. The topological polar surface area (TPSA) is 148 Å². The number of alkyl halides is 3. The molecule has 5 N–H and O–H groups in total. The number of rotatable bonds is 7. The van der Waals surface area contributed by atoms with Crippen molar-refractivity contribution in [1.82, 2.24) is 19.7 Å². The monoisotopic (exact) mass is 623 g/mol. The summed E-state index contributed by atoms with van der Waals surface area (Å²) in [6.45, 7) is 3.48. The van der Waals surface area contributed by atoms with Crippen LogP contribution in [0.1, 0.15) is 36.8 Å². The number of hydrogen-bond acceptors (Lipinski definition) is 7. The van der Waals surface area contributed by atoms with Crippen LogP contribution in [0.15, 0.2) is 72.9 Å². The molecule has 0 saturated carbocycles. The van der Waals surface area contributed by atoms with Gasteiger partial charge in [0.1, 0.15) is 17.7 Å². The number of nitrogens with two attached hydrogens (primary N) is 1. The predicted octanol–water partition coefficient (Wildman–Crippen LogP) is 6.11. The number of nitrogens with zero attached hydrogens (tertiary/aromatic N) is 4. The standard InChI is InChI=1S/C29H28FN7O.C2HF3O2/c1-4-18-9-12-24(30)23(15-18)26(34-20-10-11-21-19(16-20)13-14-32-27(21)31)29-35-28(36-37(29)3)22-7-5-6-8-25(22)33-17(2)38;3-2(4,5)1(6)7/h5-16,26,34H,4H2,1-3H3,(H2,31,32)(H,33,38);(H,6,7). The zero-order valence-electron chi connectivity index (χ0n) is 24.4. The van der Waals surface area contributed by atoms with Gasteiger partial charge in [0.2, 0.25) is 5.91 Å². The number of amides is 1. The molecule has 2 aromatic heterocycles. The number of nitrogen functional groups attached to an aromatic ring is 1. The lowest BCUT2D eigenvalue weighted by atomic mass is 10.0. The van der Waals surface area contributed by atoms with Crippen LogP contribution in [0.3, 0.4) is 0 Å². The van der Waals surface area contributed by atoms with Gasteiger partial charge in [0.15, 0.2) is 11.6 Å². The van der Waals surface area contributed by atoms with E-state index in [1.54, 1.807) is 30.1 Å². The zero-order valence-corrected chi connectivity index (χ0v) is 24.4. The number of anilines is 3. The van der Waals surface area contributed by atoms with Crippen LogP contribution >= 0.6 is 0 Å². The van der Waals surface area contributed by atoms with Crippen LogP contribution in [0.25, 0.3) is 22.2 Å². The quantitative estimate of drug-likeness (QED) is 0.159. The number of pyridine rings is 1. The van der Waals surface area contributed by atoms with Crippen LogP contribution < -0.4 is 16.4 Å². The number of carbonyl (C=O) groups excluding carboxylic acids is 1. The minimum atomic E-state index is -5.08. The maximum atomic E-state index is 15.3. The van der Waals surface area contributed by atoms with Crippen molar-refractivity contribution in [3.63, 3.8) is 0 Å². The van der Waals surface area contributed by atoms with Gasteiger partial charge in [-0.1, -0.05) is 31.2 Å². The Morgan fingerprint density at radius 1 is 1.07 bits per heavy atom. The third kappa shape index (κ3) is 7.71. The zero-order chi connectivity index (χ0) is 32.9. The van der Waals surface area contributed by atoms with E-state index in [4.69, 9.17) is 20.6 Å². The molecular weight excluding hydrogens is 594 g/mol. The highest BCUT2D eigenvalue weighted by Gasteiger charge is 2.38. The Hall–Kier alpha value is -5.53. The van der Waals surface area contributed by atoms with Gasteiger partial charge in [0, 0.05) is 42.4 Å². The molecule has 0 aliphatic carbocycles. The molecule has 14 heteroatoms. The highest BCUT2D eigenvalue weighted by Crippen LogP contribution is 2.33. The first-order valence-electron chi connectivity index (χ1n) is 13.6. The van der Waals surface area contributed by atoms with Crippen molar-refractivity contribution >= 4 is 39.8 Å². The molecule has 0 spiro atoms. The van der Waals surface area contributed by atoms with Crippen molar-refractivity contribution in [1.29, 1.82) is 0 Å². The normalized spacial score (nSPS) is 11.8. The van der Waals surface area contributed by atoms with Crippen LogP contribution in [0.5, 0.6) is 0 Å². The summed E-state index contributed by atoms with van der Waals surface area (Å²) in [6, 6.07) is 19.4. The molecule has 2 heterocycles. The van der Waals surface area contributed by atoms with Gasteiger partial charge in [0.05, 0.1) is 5.69 Å². The SMILES string of the molecule is CCc1ccc(F)c(C(Nc2ccc3c(N)nccc3c2)c2nc(-c3ccccc3NC(C)=O)nn2C)c1.O=C(O)C(F)(F)F. The van der Waals surface area contributed by atoms with Crippen molar-refractivity contribution in [2.75, 3.05) is 16.4 Å². The van der Waals surface area contributed by atoms with Gasteiger partial charge >= 0.3 is 12.1 Å². The highest BCUT2D eigenvalue weighted by atomic mass is 19.4. The largest absolute Gasteiger partial charge is 0.490 e. The summed E-state index contributed by atoms with van der Waals surface area (Å²) >= 11 is 0. The Balaban J connectivity index is 0.000000591. The predicted molar refractivity (Wildman–Crippen MR) is 162 cm³/mol. The van der Waals surface area contributed by atoms with Crippen molar-refractivity contribution in [3.8, 4) is 11.4 Å². The summed E-state index contributed by atoms with van der Waals surface area (Å²) in [4.78, 5) is 29.6. The number of hydrogen-bond donors (Lipinski definition) is 4. The summed E-state index contributed by atoms with van der Waals surface area (Å²) < 4.78 is 48.7. The van der Waals surface area contributed by atoms with Crippen molar-refractivity contribution in [2.45, 2.75) is 32.5 Å². The first-order chi connectivity index (χ1) is 21.3. The number of para-hydroxylation sites is 1. The van der Waals surface area contributed by atoms with E-state index in [1.165, 1.54) is 13.0 Å². The fourth-order valence-electron chi connectivity index (χ4n) is 4.51. The number of carbonyl (C=O) groups is 2. The maximum absolute atomic E-state index is 15.3. The average Bonchev–Trinajstić information content (AvgIpc) is 3.37. The number of nitrogens with one attached hydrogen (secondary N) is 2. The van der Waals surface area contributed by atoms with Gasteiger partial charge in [0.25, 0.3) is 0 Å². The molecular formula is C31H29F4N7O3. The van der Waals surface area contributed by atoms with E-state index in [-0.39, 0.29) is 11.7 Å². The summed E-state index contributed by atoms with van der Waals surface area (Å²) in [5.41, 5.74) is 9.52. The molecule has 0 saturated heterocycles. The van der Waals surface area contributed by atoms with Gasteiger partial charge < -0.3 is 21.5 Å². The van der Waals surface area contributed by atoms with Crippen LogP contribution in [0, 0.1) is 5.82 Å². The van der Waals surface area contributed by atoms with Crippen molar-refractivity contribution in [2.24, 2.45) is 7.05 Å². The Morgan fingerprint density at radius 2 is 1.78 bits per heavy atom. The fourth-order valence-corrected chi connectivity index (χ4v) is 4.51. The van der Waals surface area contributed by atoms with Crippen LogP contribution in [-0.2, 0) is 23.1 Å². The minimum Gasteiger partial charge on any atom is -0.475 e. The number of benzene rings is 3. The maximum Gasteiger partial charge on any atom is 0.490 e. The Labute approximate surface area is 254 Å². The van der Waals surface area contributed by atoms with Crippen LogP contribution in [0.2, 0.25) is 0 Å². The minimum absolute atomic E-state index is 0.196. The molecule has 5 rings (SSSR count). The Kier molecular flexibility index (Phi) is 9.65. The van der Waals surface area contributed by atoms with Gasteiger partial charge in [-0.15, -0.1) is 0 Å². The van der Waals surface area contributed by atoms with E-state index in [9.17, 15) is 18.0 Å². The van der Waals surface area contributed by atoms with Crippen LogP contribution in [0.4, 0.5) is 34.8 Å². The molecule has 0 aliphatic heterocycles. The van der Waals surface area contributed by atoms with Crippen molar-refractivity contribution in [3.05, 3.63) is 95.7 Å². The second kappa shape index (κ2) is 13.4. The highest BCUT2D eigenvalue weighted by molar-refractivity contribution is 5.94. The van der Waals surface area contributed by atoms with Gasteiger partial charge in [-0.3, -0.25) is 9.48 Å². The molecule has 1 unspecified atom stereocenters. The first-order valence-corrected chi connectivity index (χ1v) is 13.6. The summed E-state index contributed by atoms with van der Waals surface area (Å²) in [7, 11) is 1.77. The molecule has 10 nitrogen and oxygen atoms in total. The summed E-state index contributed by atoms with van der Waals surface area (Å²) in [5.74, 6) is -1.92. The number of aromatic nitrogens is 4. The second-order valence-electron chi connectivity index (χ2n) is 9.87. The number of aliphatic carboxylic acids is 1. The Morgan fingerprint density at radius 3 is 2.44 bits per heavy atom. The number of carboxylic acids is 1. The number of fused-ring (bicyclic) bond motifs is 1. The Bertz CT molecular complexity index is 1860. The number of halogens is 4. The first kappa shape index (κ1) is 32.4. The second-order valence-corrected chi connectivity index (χ2v) is 9.87. The van der Waals surface area contributed by atoms with E-state index < -0.39 is 18.2 Å². The van der Waals surface area contributed by atoms with Gasteiger partial charge in [-0.25, -0.2) is 19.2 Å². The molecule has 45 heavy (non-hydrogen) atoms. The molecule has 1 amide bonds. The molecule has 0 bridgehead atoms. The fraction of sp³-hybridized carbons (Fsp3) is 0.194. The van der Waals surface area contributed by atoms with Gasteiger partial charge in [-0.05, 0) is 59.8 Å². The third-order valence-corrected chi connectivity index (χ3v) is 6.66. The summed E-state index contributed by atoms with van der Waals surface area (Å²) in [6.07, 6.45) is -2.67. The molecule has 0 radical (unpaired) electrons. The third-order valence-electron chi connectivity index (χ3n) is 6.66. The molecule has 234 valence electrons.